The van der Waals surface area contributed by atoms with Crippen LogP contribution in [0, 0.1) is 0 Å². The van der Waals surface area contributed by atoms with Crippen molar-refractivity contribution in [1.29, 1.82) is 0 Å². The summed E-state index contributed by atoms with van der Waals surface area (Å²) in [6, 6.07) is 9.00. The molecule has 0 unspecified atom stereocenters. The molecular weight excluding hydrogens is 294 g/mol. The molecule has 1 aromatic carbocycles. The predicted molar refractivity (Wildman–Crippen MR) is 90.5 cm³/mol. The fraction of sp³-hybridized carbons (Fsp3) is 0.294. The molecule has 0 radical (unpaired) electrons. The lowest BCUT2D eigenvalue weighted by atomic mass is 10.2. The quantitative estimate of drug-likeness (QED) is 0.856. The van der Waals surface area contributed by atoms with E-state index in [2.05, 4.69) is 15.6 Å². The normalized spacial score (nSPS) is 10.3. The molecular formula is C17H21N3O3. The summed E-state index contributed by atoms with van der Waals surface area (Å²) in [5.74, 6) is 0.871. The molecule has 6 heteroatoms. The molecule has 1 heterocycles. The van der Waals surface area contributed by atoms with Crippen LogP contribution in [0.5, 0.6) is 11.5 Å². The minimum Gasteiger partial charge on any atom is -0.497 e. The molecule has 0 atom stereocenters. The Kier molecular flexibility index (Phi) is 5.41. The van der Waals surface area contributed by atoms with Crippen LogP contribution in [0.25, 0.3) is 0 Å². The summed E-state index contributed by atoms with van der Waals surface area (Å²) >= 11 is 0. The number of anilines is 2. The van der Waals surface area contributed by atoms with Gasteiger partial charge in [0.2, 0.25) is 0 Å². The van der Waals surface area contributed by atoms with E-state index in [-0.39, 0.29) is 5.91 Å². The number of ether oxygens (including phenoxy) is 2. The minimum atomic E-state index is -0.312. The first-order chi connectivity index (χ1) is 11.0. The van der Waals surface area contributed by atoms with Gasteiger partial charge in [0.1, 0.15) is 17.2 Å². The molecule has 122 valence electrons. The number of rotatable bonds is 6. The van der Waals surface area contributed by atoms with Crippen molar-refractivity contribution in [2.24, 2.45) is 0 Å². The molecule has 2 rings (SSSR count). The zero-order valence-corrected chi connectivity index (χ0v) is 13.7. The Morgan fingerprint density at radius 1 is 1.13 bits per heavy atom. The lowest BCUT2D eigenvalue weighted by molar-refractivity contribution is 0.102. The van der Waals surface area contributed by atoms with Crippen molar-refractivity contribution in [3.05, 3.63) is 42.2 Å². The fourth-order valence-corrected chi connectivity index (χ4v) is 2.04. The van der Waals surface area contributed by atoms with Crippen LogP contribution in [0.2, 0.25) is 0 Å². The van der Waals surface area contributed by atoms with Crippen molar-refractivity contribution >= 4 is 17.3 Å². The number of amides is 1. The van der Waals surface area contributed by atoms with Crippen molar-refractivity contribution in [3.8, 4) is 11.5 Å². The molecule has 0 aliphatic carbocycles. The highest BCUT2D eigenvalue weighted by molar-refractivity contribution is 6.03. The minimum absolute atomic E-state index is 0.303. The lowest BCUT2D eigenvalue weighted by Crippen LogP contribution is -2.15. The van der Waals surface area contributed by atoms with Crippen LogP contribution >= 0.6 is 0 Å². The number of nitrogens with one attached hydrogen (secondary N) is 2. The van der Waals surface area contributed by atoms with E-state index in [1.165, 1.54) is 0 Å². The molecule has 0 saturated heterocycles. The fourth-order valence-electron chi connectivity index (χ4n) is 2.04. The maximum atomic E-state index is 12.3. The number of nitrogens with zero attached hydrogens (tertiary/aromatic N) is 1. The molecule has 1 aromatic heterocycles. The first-order valence-corrected chi connectivity index (χ1v) is 7.29. The van der Waals surface area contributed by atoms with Crippen LogP contribution in [-0.2, 0) is 0 Å². The van der Waals surface area contributed by atoms with Crippen molar-refractivity contribution in [2.75, 3.05) is 24.9 Å². The number of benzene rings is 1. The number of methoxy groups -OCH3 is 2. The molecule has 2 N–H and O–H groups in total. The Hall–Kier alpha value is -2.76. The number of pyridine rings is 1. The highest BCUT2D eigenvalue weighted by Gasteiger charge is 2.12. The van der Waals surface area contributed by atoms with Gasteiger partial charge in [-0.25, -0.2) is 4.98 Å². The van der Waals surface area contributed by atoms with Crippen LogP contribution in [0.1, 0.15) is 24.3 Å². The summed E-state index contributed by atoms with van der Waals surface area (Å²) < 4.78 is 10.4. The van der Waals surface area contributed by atoms with Crippen molar-refractivity contribution in [2.45, 2.75) is 19.9 Å². The van der Waals surface area contributed by atoms with Crippen LogP contribution in [-0.4, -0.2) is 31.2 Å². The average molecular weight is 315 g/mol. The van der Waals surface area contributed by atoms with E-state index >= 15 is 0 Å². The molecule has 0 bridgehead atoms. The summed E-state index contributed by atoms with van der Waals surface area (Å²) in [6.45, 7) is 4.07. The third-order valence-corrected chi connectivity index (χ3v) is 3.11. The first kappa shape index (κ1) is 16.6. The van der Waals surface area contributed by atoms with Crippen LogP contribution in [0.3, 0.4) is 0 Å². The van der Waals surface area contributed by atoms with Gasteiger partial charge in [-0.05, 0) is 38.1 Å². The summed E-state index contributed by atoms with van der Waals surface area (Å²) in [6.07, 6.45) is 1.64. The average Bonchev–Trinajstić information content (AvgIpc) is 2.54. The zero-order valence-electron chi connectivity index (χ0n) is 13.7. The third kappa shape index (κ3) is 4.35. The second-order valence-corrected chi connectivity index (χ2v) is 5.25. The van der Waals surface area contributed by atoms with E-state index in [0.717, 1.165) is 5.69 Å². The summed E-state index contributed by atoms with van der Waals surface area (Å²) in [4.78, 5) is 16.5. The molecule has 0 aliphatic heterocycles. The smallest absolute Gasteiger partial charge is 0.274 e. The Balaban J connectivity index is 2.15. The van der Waals surface area contributed by atoms with E-state index in [0.29, 0.717) is 28.9 Å². The van der Waals surface area contributed by atoms with E-state index in [1.54, 1.807) is 44.7 Å². The third-order valence-electron chi connectivity index (χ3n) is 3.11. The first-order valence-electron chi connectivity index (χ1n) is 7.29. The molecule has 1 amide bonds. The van der Waals surface area contributed by atoms with Gasteiger partial charge in [-0.15, -0.1) is 0 Å². The van der Waals surface area contributed by atoms with Crippen molar-refractivity contribution in [3.63, 3.8) is 0 Å². The highest BCUT2D eigenvalue weighted by Crippen LogP contribution is 2.29. The number of carbonyl (C=O) groups is 1. The second-order valence-electron chi connectivity index (χ2n) is 5.25. The second kappa shape index (κ2) is 7.49. The van der Waals surface area contributed by atoms with Gasteiger partial charge in [0.15, 0.2) is 0 Å². The summed E-state index contributed by atoms with van der Waals surface area (Å²) in [5.41, 5.74) is 1.72. The van der Waals surface area contributed by atoms with Gasteiger partial charge >= 0.3 is 0 Å². The van der Waals surface area contributed by atoms with Gasteiger partial charge in [-0.1, -0.05) is 0 Å². The molecule has 0 fully saturated rings. The van der Waals surface area contributed by atoms with Crippen molar-refractivity contribution < 1.29 is 14.3 Å². The van der Waals surface area contributed by atoms with E-state index in [4.69, 9.17) is 9.47 Å². The summed E-state index contributed by atoms with van der Waals surface area (Å²) in [5, 5.41) is 6.01. The van der Waals surface area contributed by atoms with E-state index in [1.807, 2.05) is 19.9 Å². The molecule has 2 aromatic rings. The topological polar surface area (TPSA) is 72.5 Å². The molecule has 23 heavy (non-hydrogen) atoms. The van der Waals surface area contributed by atoms with Gasteiger partial charge in [0.05, 0.1) is 31.8 Å². The highest BCUT2D eigenvalue weighted by atomic mass is 16.5. The van der Waals surface area contributed by atoms with Gasteiger partial charge < -0.3 is 20.1 Å². The van der Waals surface area contributed by atoms with Crippen molar-refractivity contribution in [1.82, 2.24) is 4.98 Å². The number of hydrogen-bond donors (Lipinski definition) is 2. The Morgan fingerprint density at radius 2 is 1.91 bits per heavy atom. The van der Waals surface area contributed by atoms with Gasteiger partial charge in [-0.2, -0.15) is 0 Å². The molecule has 0 spiro atoms. The molecule has 0 aliphatic rings. The maximum Gasteiger partial charge on any atom is 0.274 e. The van der Waals surface area contributed by atoms with Gasteiger partial charge in [-0.3, -0.25) is 4.79 Å². The Labute approximate surface area is 135 Å². The Bertz CT molecular complexity index is 669. The maximum absolute atomic E-state index is 12.3. The van der Waals surface area contributed by atoms with Crippen LogP contribution in [0.15, 0.2) is 36.5 Å². The van der Waals surface area contributed by atoms with E-state index < -0.39 is 0 Å². The number of carbonyl (C=O) groups excluding carboxylic acids is 1. The Morgan fingerprint density at radius 3 is 2.48 bits per heavy atom. The van der Waals surface area contributed by atoms with Gasteiger partial charge in [0.25, 0.3) is 5.91 Å². The summed E-state index contributed by atoms with van der Waals surface area (Å²) in [7, 11) is 3.11. The van der Waals surface area contributed by atoms with E-state index in [9.17, 15) is 4.79 Å². The number of hydrogen-bond acceptors (Lipinski definition) is 5. The number of aromatic nitrogens is 1. The standard InChI is InChI=1S/C17H21N3O3/c1-11(2)19-12-5-7-14(18-10-12)17(21)20-15-9-13(22-3)6-8-16(15)23-4/h5-11,19H,1-4H3,(H,20,21). The SMILES string of the molecule is COc1ccc(OC)c(NC(=O)c2ccc(NC(C)C)cn2)c1. The largest absolute Gasteiger partial charge is 0.497 e. The lowest BCUT2D eigenvalue weighted by Gasteiger charge is -2.12. The molecule has 0 saturated carbocycles. The van der Waals surface area contributed by atoms with Crippen LogP contribution in [0.4, 0.5) is 11.4 Å². The predicted octanol–water partition coefficient (Wildman–Crippen LogP) is 3.17. The molecule has 6 nitrogen and oxygen atoms in total. The monoisotopic (exact) mass is 315 g/mol. The zero-order chi connectivity index (χ0) is 16.8. The van der Waals surface area contributed by atoms with Gasteiger partial charge in [0, 0.05) is 12.1 Å². The van der Waals surface area contributed by atoms with Crippen LogP contribution < -0.4 is 20.1 Å².